The third-order valence-corrected chi connectivity index (χ3v) is 4.05. The van der Waals surface area contributed by atoms with Crippen LogP contribution in [0.2, 0.25) is 0 Å². The Balaban J connectivity index is 2.62. The topological polar surface area (TPSA) is 95.2 Å². The summed E-state index contributed by atoms with van der Waals surface area (Å²) in [4.78, 5) is 0. The van der Waals surface area contributed by atoms with Gasteiger partial charge in [0, 0.05) is 0 Å². The van der Waals surface area contributed by atoms with Crippen LogP contribution in [0.3, 0.4) is 0 Å². The van der Waals surface area contributed by atoms with E-state index in [2.05, 4.69) is 25.1 Å². The number of benzene rings is 2. The van der Waals surface area contributed by atoms with Crippen LogP contribution < -0.4 is 0 Å². The summed E-state index contributed by atoms with van der Waals surface area (Å²) in [6, 6.07) is 18.4. The molecule has 0 spiro atoms. The van der Waals surface area contributed by atoms with Gasteiger partial charge >= 0.3 is 0 Å². The Morgan fingerprint density at radius 1 is 0.769 bits per heavy atom. The number of hydrogen-bond donors (Lipinski definition) is 0. The van der Waals surface area contributed by atoms with Gasteiger partial charge in [0.1, 0.15) is 24.3 Å². The summed E-state index contributed by atoms with van der Waals surface area (Å²) in [5, 5.41) is 36.8. The molecule has 0 unspecified atom stereocenters. The third kappa shape index (κ3) is 3.96. The van der Waals surface area contributed by atoms with Crippen LogP contribution in [0.15, 0.2) is 42.5 Å². The molecule has 0 bridgehead atoms. The van der Waals surface area contributed by atoms with E-state index in [-0.39, 0.29) is 0 Å². The largest absolute Gasteiger partial charge is 0.192 e. The van der Waals surface area contributed by atoms with Crippen molar-refractivity contribution < 1.29 is 0 Å². The molecule has 0 aliphatic rings. The van der Waals surface area contributed by atoms with Gasteiger partial charge in [0.05, 0.1) is 22.3 Å². The van der Waals surface area contributed by atoms with Crippen molar-refractivity contribution in [2.75, 3.05) is 0 Å². The first kappa shape index (κ1) is 18.5. The van der Waals surface area contributed by atoms with Crippen molar-refractivity contribution in [1.29, 1.82) is 21.0 Å². The molecule has 0 aromatic heterocycles. The lowest BCUT2D eigenvalue weighted by Gasteiger charge is -2.11. The maximum atomic E-state index is 9.29. The molecule has 2 aromatic rings. The maximum Gasteiger partial charge on any atom is 0.101 e. The highest BCUT2D eigenvalue weighted by molar-refractivity contribution is 5.81. The predicted octanol–water partition coefficient (Wildman–Crippen LogP) is 4.80. The zero-order valence-electron chi connectivity index (χ0n) is 14.5. The average Bonchev–Trinajstić information content (AvgIpc) is 2.70. The van der Waals surface area contributed by atoms with Crippen molar-refractivity contribution in [2.24, 2.45) is 0 Å². The van der Waals surface area contributed by atoms with Gasteiger partial charge in [-0.3, -0.25) is 0 Å². The zero-order chi connectivity index (χ0) is 18.9. The molecule has 0 aliphatic carbocycles. The summed E-state index contributed by atoms with van der Waals surface area (Å²) in [5.74, 6) is 0. The van der Waals surface area contributed by atoms with E-state index in [1.54, 1.807) is 36.4 Å². The highest BCUT2D eigenvalue weighted by Crippen LogP contribution is 2.28. The summed E-state index contributed by atoms with van der Waals surface area (Å²) in [7, 11) is 0. The Kier molecular flexibility index (Phi) is 6.28. The molecule has 2 rings (SSSR count). The Morgan fingerprint density at radius 3 is 1.62 bits per heavy atom. The SMILES string of the molecule is CCCCC=C(c1ccc(C#N)c(C#N)c1)c1ccc(C#N)c(C#N)c1. The third-order valence-electron chi connectivity index (χ3n) is 4.05. The van der Waals surface area contributed by atoms with E-state index in [0.29, 0.717) is 22.3 Å². The summed E-state index contributed by atoms with van der Waals surface area (Å²) in [6.07, 6.45) is 5.01. The van der Waals surface area contributed by atoms with Crippen LogP contribution in [-0.2, 0) is 0 Å². The van der Waals surface area contributed by atoms with E-state index in [4.69, 9.17) is 10.5 Å². The summed E-state index contributed by atoms with van der Waals surface area (Å²) < 4.78 is 0. The first-order valence-electron chi connectivity index (χ1n) is 8.27. The van der Waals surface area contributed by atoms with Gasteiger partial charge in [-0.1, -0.05) is 38.0 Å². The first-order chi connectivity index (χ1) is 12.7. The Hall–Kier alpha value is -3.86. The minimum atomic E-state index is 0.320. The van der Waals surface area contributed by atoms with Crippen LogP contribution in [0.25, 0.3) is 5.57 Å². The molecular weight excluding hydrogens is 320 g/mol. The molecule has 0 atom stereocenters. The zero-order valence-corrected chi connectivity index (χ0v) is 14.5. The molecule has 0 fully saturated rings. The van der Waals surface area contributed by atoms with Gasteiger partial charge in [-0.2, -0.15) is 21.0 Å². The lowest BCUT2D eigenvalue weighted by Crippen LogP contribution is -1.94. The Labute approximate surface area is 153 Å². The molecule has 0 saturated carbocycles. The molecule has 0 N–H and O–H groups in total. The van der Waals surface area contributed by atoms with E-state index in [1.165, 1.54) is 0 Å². The van der Waals surface area contributed by atoms with Gasteiger partial charge in [-0.15, -0.1) is 0 Å². The fourth-order valence-corrected chi connectivity index (χ4v) is 2.66. The lowest BCUT2D eigenvalue weighted by atomic mass is 9.92. The van der Waals surface area contributed by atoms with Gasteiger partial charge in [0.2, 0.25) is 0 Å². The second-order valence-electron chi connectivity index (χ2n) is 5.73. The summed E-state index contributed by atoms with van der Waals surface area (Å²) >= 11 is 0. The number of rotatable bonds is 5. The van der Waals surface area contributed by atoms with Gasteiger partial charge < -0.3 is 0 Å². The van der Waals surface area contributed by atoms with Crippen LogP contribution >= 0.6 is 0 Å². The van der Waals surface area contributed by atoms with Crippen LogP contribution in [0, 0.1) is 45.3 Å². The van der Waals surface area contributed by atoms with Crippen LogP contribution in [-0.4, -0.2) is 0 Å². The number of nitrogens with zero attached hydrogens (tertiary/aromatic N) is 4. The Bertz CT molecular complexity index is 941. The smallest absolute Gasteiger partial charge is 0.101 e. The number of allylic oxidation sites excluding steroid dienone is 1. The molecule has 0 saturated heterocycles. The van der Waals surface area contributed by atoms with Crippen LogP contribution in [0.4, 0.5) is 0 Å². The lowest BCUT2D eigenvalue weighted by molar-refractivity contribution is 0.815. The van der Waals surface area contributed by atoms with Crippen LogP contribution in [0.1, 0.15) is 59.6 Å². The molecule has 0 aliphatic heterocycles. The molecule has 4 heteroatoms. The second-order valence-corrected chi connectivity index (χ2v) is 5.73. The summed E-state index contributed by atoms with van der Waals surface area (Å²) in [6.45, 7) is 2.11. The van der Waals surface area contributed by atoms with E-state index in [9.17, 15) is 10.5 Å². The van der Waals surface area contributed by atoms with Crippen molar-refractivity contribution >= 4 is 5.57 Å². The molecule has 0 amide bonds. The van der Waals surface area contributed by atoms with Gasteiger partial charge in [-0.25, -0.2) is 0 Å². The molecule has 4 nitrogen and oxygen atoms in total. The fraction of sp³-hybridized carbons (Fsp3) is 0.182. The van der Waals surface area contributed by atoms with Crippen molar-refractivity contribution in [1.82, 2.24) is 0 Å². The van der Waals surface area contributed by atoms with E-state index in [1.807, 2.05) is 12.1 Å². The van der Waals surface area contributed by atoms with Crippen molar-refractivity contribution in [2.45, 2.75) is 26.2 Å². The highest BCUT2D eigenvalue weighted by Gasteiger charge is 2.11. The second kappa shape index (κ2) is 8.84. The van der Waals surface area contributed by atoms with Crippen molar-refractivity contribution in [3.8, 4) is 24.3 Å². The summed E-state index contributed by atoms with van der Waals surface area (Å²) in [5.41, 5.74) is 3.82. The van der Waals surface area contributed by atoms with Crippen molar-refractivity contribution in [3.05, 3.63) is 75.9 Å². The molecule has 0 heterocycles. The first-order valence-corrected chi connectivity index (χ1v) is 8.27. The standard InChI is InChI=1S/C22H16N4/c1-2-3-4-5-22(16-6-8-18(12-23)20(10-16)14-25)17-7-9-19(13-24)21(11-17)15-26/h5-11H,2-4H2,1H3. The van der Waals surface area contributed by atoms with Gasteiger partial charge in [0.15, 0.2) is 0 Å². The predicted molar refractivity (Wildman–Crippen MR) is 98.3 cm³/mol. The molecule has 26 heavy (non-hydrogen) atoms. The molecular formula is C22H16N4. The van der Waals surface area contributed by atoms with E-state index >= 15 is 0 Å². The highest BCUT2D eigenvalue weighted by atomic mass is 14.3. The maximum absolute atomic E-state index is 9.29. The van der Waals surface area contributed by atoms with Crippen molar-refractivity contribution in [3.63, 3.8) is 0 Å². The van der Waals surface area contributed by atoms with Crippen LogP contribution in [0.5, 0.6) is 0 Å². The minimum absolute atomic E-state index is 0.320. The quantitative estimate of drug-likeness (QED) is 0.733. The molecule has 2 aromatic carbocycles. The molecule has 124 valence electrons. The minimum Gasteiger partial charge on any atom is -0.192 e. The van der Waals surface area contributed by atoms with E-state index in [0.717, 1.165) is 36.0 Å². The normalized spacial score (nSPS) is 9.27. The molecule has 0 radical (unpaired) electrons. The monoisotopic (exact) mass is 336 g/mol. The van der Waals surface area contributed by atoms with Gasteiger partial charge in [0.25, 0.3) is 0 Å². The number of unbranched alkanes of at least 4 members (excludes halogenated alkanes) is 2. The van der Waals surface area contributed by atoms with E-state index < -0.39 is 0 Å². The number of nitriles is 4. The average molecular weight is 336 g/mol. The van der Waals surface area contributed by atoms with Gasteiger partial charge in [-0.05, 0) is 47.4 Å². The Morgan fingerprint density at radius 2 is 1.23 bits per heavy atom. The fourth-order valence-electron chi connectivity index (χ4n) is 2.66. The number of hydrogen-bond acceptors (Lipinski definition) is 4.